The number of hydrogen-bond acceptors (Lipinski definition) is 2. The number of unbranched alkanes of at least 4 members (excludes halogenated alkanes) is 3. The summed E-state index contributed by atoms with van der Waals surface area (Å²) in [5.74, 6) is 0. The maximum atomic E-state index is 3.88. The summed E-state index contributed by atoms with van der Waals surface area (Å²) in [4.78, 5) is 0. The van der Waals surface area contributed by atoms with E-state index in [4.69, 9.17) is 0 Å². The summed E-state index contributed by atoms with van der Waals surface area (Å²) in [7, 11) is 1.85. The van der Waals surface area contributed by atoms with Crippen molar-refractivity contribution in [1.29, 1.82) is 0 Å². The largest absolute Gasteiger partial charge is 0.0683 e. The number of nitrogens with zero attached hydrogens (tertiary/aromatic N) is 1. The van der Waals surface area contributed by atoms with E-state index in [1.165, 1.54) is 51.5 Å². The van der Waals surface area contributed by atoms with E-state index >= 15 is 0 Å². The van der Waals surface area contributed by atoms with E-state index in [2.05, 4.69) is 52.9 Å². The minimum absolute atomic E-state index is 1.02. The van der Waals surface area contributed by atoms with Gasteiger partial charge in [0.2, 0.25) is 0 Å². The second kappa shape index (κ2) is 20.9. The molecule has 0 atom stereocenters. The molecule has 0 spiro atoms. The minimum atomic E-state index is -1.87. The predicted molar refractivity (Wildman–Crippen MR) is 129 cm³/mol. The van der Waals surface area contributed by atoms with Gasteiger partial charge in [-0.1, -0.05) is 13.8 Å². The van der Waals surface area contributed by atoms with Gasteiger partial charge in [-0.25, -0.2) is 0 Å². The van der Waals surface area contributed by atoms with Crippen molar-refractivity contribution in [2.75, 3.05) is 13.1 Å². The van der Waals surface area contributed by atoms with Crippen LogP contribution in [0.25, 0.3) is 0 Å². The van der Waals surface area contributed by atoms with Crippen molar-refractivity contribution in [3.05, 3.63) is 12.7 Å². The summed E-state index contributed by atoms with van der Waals surface area (Å²) in [6, 6.07) is 0. The molecule has 0 aromatic heterocycles. The van der Waals surface area contributed by atoms with Gasteiger partial charge >= 0.3 is 162 Å². The molecule has 0 aliphatic carbocycles. The van der Waals surface area contributed by atoms with Gasteiger partial charge in [0, 0.05) is 0 Å². The molecular weight excluding hydrogens is 532 g/mol. The predicted octanol–water partition coefficient (Wildman–Crippen LogP) is 8.74. The molecule has 4 heteroatoms. The smallest absolute Gasteiger partial charge is 0.0683 e. The summed E-state index contributed by atoms with van der Waals surface area (Å²) in [6.45, 7) is 17.3. The van der Waals surface area contributed by atoms with Crippen molar-refractivity contribution in [2.24, 2.45) is 0 Å². The average Bonchev–Trinajstić information content (AvgIpc) is 2.63. The van der Waals surface area contributed by atoms with E-state index in [0.717, 1.165) is 6.54 Å². The standard InChI is InChI=1S/C6H11INS.3C4H9.C2H6.Sn/c1-3-5-8(9-7)6-4-2;3*1-3-4-2;1-2;/h3H,1-2,4-6H2;3*1,3-4H2,2H3;1-2H3;. The maximum Gasteiger partial charge on any atom is -0.0683 e. The van der Waals surface area contributed by atoms with Crippen LogP contribution in [-0.4, -0.2) is 35.8 Å². The molecule has 1 nitrogen and oxygen atoms in total. The Kier molecular flexibility index (Phi) is 24.2. The van der Waals surface area contributed by atoms with Gasteiger partial charge in [0.05, 0.1) is 0 Å². The van der Waals surface area contributed by atoms with Gasteiger partial charge in [0.25, 0.3) is 0 Å². The van der Waals surface area contributed by atoms with Crippen molar-refractivity contribution >= 4 is 48.7 Å². The first-order valence-corrected chi connectivity index (χ1v) is 21.7. The molecule has 0 unspecified atom stereocenters. The first-order valence-electron chi connectivity index (χ1n) is 10.3. The number of hydrogen-bond donors (Lipinski definition) is 0. The summed E-state index contributed by atoms with van der Waals surface area (Å²) < 4.78 is 9.06. The number of rotatable bonds is 16. The molecule has 0 N–H and O–H groups in total. The Bertz CT molecular complexity index is 242. The molecule has 0 rings (SSSR count). The fourth-order valence-corrected chi connectivity index (χ4v) is 21.1. The zero-order chi connectivity index (χ0) is 18.7. The summed E-state index contributed by atoms with van der Waals surface area (Å²) >= 11 is 0.544. The fourth-order valence-electron chi connectivity index (χ4n) is 3.33. The Hall–Kier alpha value is 1.58. The van der Waals surface area contributed by atoms with Gasteiger partial charge in [0.15, 0.2) is 0 Å². The van der Waals surface area contributed by atoms with Crippen molar-refractivity contribution < 1.29 is 0 Å². The Morgan fingerprint density at radius 3 is 1.62 bits per heavy atom. The van der Waals surface area contributed by atoms with Crippen LogP contribution in [-0.2, 0) is 0 Å². The maximum absolute atomic E-state index is 3.88. The van der Waals surface area contributed by atoms with E-state index in [0.29, 0.717) is 0 Å². The first-order chi connectivity index (χ1) is 11.7. The van der Waals surface area contributed by atoms with Gasteiger partial charge in [-0.3, -0.25) is 0 Å². The van der Waals surface area contributed by atoms with E-state index in [1.807, 2.05) is 29.0 Å². The van der Waals surface area contributed by atoms with Gasteiger partial charge in [0.1, 0.15) is 0 Å². The van der Waals surface area contributed by atoms with Crippen LogP contribution in [0.2, 0.25) is 17.7 Å². The molecule has 0 aliphatic heterocycles. The van der Waals surface area contributed by atoms with Crippen molar-refractivity contribution in [2.45, 2.75) is 97.3 Å². The van der Waals surface area contributed by atoms with E-state index < -0.39 is 18.4 Å². The van der Waals surface area contributed by atoms with Crippen LogP contribution in [0, 0.1) is 0 Å². The minimum Gasteiger partial charge on any atom is -0.0683 e. The van der Waals surface area contributed by atoms with Crippen molar-refractivity contribution in [3.8, 4) is 0 Å². The van der Waals surface area contributed by atoms with Crippen LogP contribution in [0.1, 0.15) is 79.6 Å². The Labute approximate surface area is 174 Å². The Morgan fingerprint density at radius 2 is 1.29 bits per heavy atom. The fraction of sp³-hybridized carbons (Fsp3) is 0.900. The normalized spacial score (nSPS) is 11.3. The van der Waals surface area contributed by atoms with Gasteiger partial charge in [-0.05, 0) is 0 Å². The van der Waals surface area contributed by atoms with Crippen LogP contribution in [0.4, 0.5) is 0 Å². The topological polar surface area (TPSA) is 3.24 Å². The van der Waals surface area contributed by atoms with Crippen molar-refractivity contribution in [1.82, 2.24) is 4.31 Å². The van der Waals surface area contributed by atoms with Crippen LogP contribution in [0.15, 0.2) is 12.7 Å². The summed E-state index contributed by atoms with van der Waals surface area (Å²) in [5, 5.41) is 0. The van der Waals surface area contributed by atoms with E-state index in [-0.39, 0.29) is 0 Å². The number of halogens is 1. The molecule has 0 saturated carbocycles. The molecule has 0 radical (unpaired) electrons. The van der Waals surface area contributed by atoms with Gasteiger partial charge in [-0.15, -0.1) is 0 Å². The molecule has 0 saturated heterocycles. The Balaban J connectivity index is 0. The first kappa shape index (κ1) is 27.8. The third-order valence-corrected chi connectivity index (χ3v) is 23.1. The van der Waals surface area contributed by atoms with Crippen molar-refractivity contribution in [3.63, 3.8) is 0 Å². The van der Waals surface area contributed by atoms with Gasteiger partial charge in [-0.2, -0.15) is 0 Å². The van der Waals surface area contributed by atoms with Crippen LogP contribution in [0.3, 0.4) is 0 Å². The third kappa shape index (κ3) is 14.7. The zero-order valence-electron chi connectivity index (χ0n) is 17.2. The molecule has 146 valence electrons. The molecule has 0 fully saturated rings. The van der Waals surface area contributed by atoms with Crippen LogP contribution in [0.5, 0.6) is 0 Å². The van der Waals surface area contributed by atoms with E-state index in [9.17, 15) is 0 Å². The van der Waals surface area contributed by atoms with Crippen LogP contribution >= 0.6 is 30.3 Å². The molecule has 0 heterocycles. The zero-order valence-corrected chi connectivity index (χ0v) is 23.0. The SMILES string of the molecule is C=CCN(CC[CH2][Sn]([CH2]CCC)([CH2]CCC)[CH2]CCC)SI.CC. The quantitative estimate of drug-likeness (QED) is 0.0783. The third-order valence-electron chi connectivity index (χ3n) is 4.73. The molecule has 0 aliphatic rings. The molecule has 24 heavy (non-hydrogen) atoms. The second-order valence-electron chi connectivity index (χ2n) is 6.66. The summed E-state index contributed by atoms with van der Waals surface area (Å²) in [5.41, 5.74) is 0. The van der Waals surface area contributed by atoms with E-state index in [1.54, 1.807) is 17.7 Å². The second-order valence-corrected chi connectivity index (χ2v) is 22.8. The molecule has 0 aromatic carbocycles. The molecule has 0 aromatic rings. The van der Waals surface area contributed by atoms with Gasteiger partial charge < -0.3 is 0 Å². The molecule has 0 amide bonds. The monoisotopic (exact) mass is 577 g/mol. The summed E-state index contributed by atoms with van der Waals surface area (Å²) in [6.07, 6.45) is 12.1. The average molecular weight is 576 g/mol. The van der Waals surface area contributed by atoms with Crippen LogP contribution < -0.4 is 0 Å². The molecular formula is C20H44INSSn. The molecule has 0 bridgehead atoms. The Morgan fingerprint density at radius 1 is 0.875 bits per heavy atom.